The number of carboxylic acid groups (broad SMARTS) is 1. The van der Waals surface area contributed by atoms with E-state index in [9.17, 15) is 19.5 Å². The summed E-state index contributed by atoms with van der Waals surface area (Å²) in [6.45, 7) is 4.88. The minimum atomic E-state index is -1.52. The smallest absolute Gasteiger partial charge is 0.361 e. The summed E-state index contributed by atoms with van der Waals surface area (Å²) in [4.78, 5) is 37.5. The van der Waals surface area contributed by atoms with Crippen molar-refractivity contribution >= 4 is 17.9 Å². The third-order valence-corrected chi connectivity index (χ3v) is 14.7. The van der Waals surface area contributed by atoms with Crippen molar-refractivity contribution in [2.45, 2.75) is 322 Å². The van der Waals surface area contributed by atoms with Crippen LogP contribution in [0.3, 0.4) is 0 Å². The molecule has 0 bridgehead atoms. The van der Waals surface area contributed by atoms with Gasteiger partial charge in [-0.1, -0.05) is 274 Å². The number of esters is 2. The molecule has 0 saturated carbocycles. The first kappa shape index (κ1) is 76.0. The van der Waals surface area contributed by atoms with Gasteiger partial charge in [-0.3, -0.25) is 9.59 Å². The van der Waals surface area contributed by atoms with E-state index < -0.39 is 24.3 Å². The van der Waals surface area contributed by atoms with Crippen molar-refractivity contribution in [2.75, 3.05) is 47.5 Å². The molecule has 0 heterocycles. The first-order chi connectivity index (χ1) is 38.6. The second-order valence-electron chi connectivity index (χ2n) is 23.8. The van der Waals surface area contributed by atoms with Crippen molar-refractivity contribution in [1.82, 2.24) is 0 Å². The van der Waals surface area contributed by atoms with E-state index in [1.807, 2.05) is 21.1 Å². The molecule has 0 radical (unpaired) electrons. The Bertz CT molecular complexity index is 1480. The van der Waals surface area contributed by atoms with E-state index >= 15 is 0 Å². The number of allylic oxidation sites excluding steroid dienone is 10. The lowest BCUT2D eigenvalue weighted by molar-refractivity contribution is -0.870. The summed E-state index contributed by atoms with van der Waals surface area (Å²) in [6, 6.07) is 0. The van der Waals surface area contributed by atoms with E-state index in [0.29, 0.717) is 23.9 Å². The molecule has 0 aromatic carbocycles. The fraction of sp³-hybridized carbons (Fsp3) is 0.814. The molecule has 0 rings (SSSR count). The molecule has 2 unspecified atom stereocenters. The highest BCUT2D eigenvalue weighted by molar-refractivity contribution is 5.71. The number of carboxylic acids is 1. The predicted molar refractivity (Wildman–Crippen MR) is 336 cm³/mol. The Kier molecular flexibility index (Phi) is 58.7. The van der Waals surface area contributed by atoms with Crippen LogP contribution in [0.15, 0.2) is 60.8 Å². The summed E-state index contributed by atoms with van der Waals surface area (Å²) in [6.07, 6.45) is 76.1. The van der Waals surface area contributed by atoms with Crippen molar-refractivity contribution in [3.63, 3.8) is 0 Å². The van der Waals surface area contributed by atoms with Crippen molar-refractivity contribution in [1.29, 1.82) is 0 Å². The van der Waals surface area contributed by atoms with Gasteiger partial charge in [-0.2, -0.15) is 0 Å². The summed E-state index contributed by atoms with van der Waals surface area (Å²) in [5, 5.41) is 9.73. The number of hydrogen-bond acceptors (Lipinski definition) is 7. The zero-order valence-electron chi connectivity index (χ0n) is 52.5. The third kappa shape index (κ3) is 62.4. The first-order valence-electron chi connectivity index (χ1n) is 33.5. The number of carbonyl (C=O) groups is 3. The molecule has 1 N–H and O–H groups in total. The zero-order valence-corrected chi connectivity index (χ0v) is 52.5. The summed E-state index contributed by atoms with van der Waals surface area (Å²) in [5.74, 6) is -2.01. The summed E-state index contributed by atoms with van der Waals surface area (Å²) < 4.78 is 22.9. The van der Waals surface area contributed by atoms with Crippen LogP contribution in [0.1, 0.15) is 309 Å². The lowest BCUT2D eigenvalue weighted by Crippen LogP contribution is -2.40. The van der Waals surface area contributed by atoms with Gasteiger partial charge in [0.25, 0.3) is 6.29 Å². The van der Waals surface area contributed by atoms with Gasteiger partial charge in [0, 0.05) is 12.8 Å². The van der Waals surface area contributed by atoms with Gasteiger partial charge in [-0.15, -0.1) is 0 Å². The molecule has 0 aliphatic rings. The monoisotopic (exact) mass is 1110 g/mol. The van der Waals surface area contributed by atoms with Crippen LogP contribution in [-0.4, -0.2) is 87.4 Å². The second kappa shape index (κ2) is 61.1. The van der Waals surface area contributed by atoms with Crippen LogP contribution >= 0.6 is 0 Å². The number of carbonyl (C=O) groups excluding carboxylic acids is 2. The Balaban J connectivity index is 4.09. The maximum absolute atomic E-state index is 12.9. The van der Waals surface area contributed by atoms with Crippen LogP contribution in [0.2, 0.25) is 0 Å². The van der Waals surface area contributed by atoms with Crippen LogP contribution < -0.4 is 0 Å². The van der Waals surface area contributed by atoms with Gasteiger partial charge in [0.15, 0.2) is 6.10 Å². The average molecular weight is 1110 g/mol. The molecular weight excluding hydrogens is 983 g/mol. The van der Waals surface area contributed by atoms with Gasteiger partial charge in [0.05, 0.1) is 34.4 Å². The Morgan fingerprint density at radius 1 is 0.380 bits per heavy atom. The first-order valence-corrected chi connectivity index (χ1v) is 33.5. The third-order valence-electron chi connectivity index (χ3n) is 14.7. The molecule has 9 heteroatoms. The van der Waals surface area contributed by atoms with E-state index in [1.54, 1.807) is 0 Å². The topological polar surface area (TPSA) is 108 Å². The lowest BCUT2D eigenvalue weighted by Gasteiger charge is -2.25. The quantitative estimate of drug-likeness (QED) is 0.0211. The van der Waals surface area contributed by atoms with Crippen molar-refractivity contribution in [2.24, 2.45) is 0 Å². The van der Waals surface area contributed by atoms with Gasteiger partial charge in [0.2, 0.25) is 0 Å². The number of quaternary nitrogens is 1. The van der Waals surface area contributed by atoms with Crippen molar-refractivity contribution in [3.05, 3.63) is 60.8 Å². The van der Waals surface area contributed by atoms with Gasteiger partial charge in [0.1, 0.15) is 13.2 Å². The van der Waals surface area contributed by atoms with E-state index in [0.717, 1.165) is 64.2 Å². The molecule has 0 aliphatic heterocycles. The average Bonchev–Trinajstić information content (AvgIpc) is 3.42. The minimum Gasteiger partial charge on any atom is -0.477 e. The fourth-order valence-electron chi connectivity index (χ4n) is 9.58. The Hall–Kier alpha value is -3.01. The number of aliphatic carboxylic acids is 1. The highest BCUT2D eigenvalue weighted by Crippen LogP contribution is 2.17. The molecule has 0 spiro atoms. The maximum atomic E-state index is 12.9. The highest BCUT2D eigenvalue weighted by atomic mass is 16.7. The van der Waals surface area contributed by atoms with Crippen molar-refractivity contribution < 1.29 is 42.9 Å². The molecule has 79 heavy (non-hydrogen) atoms. The van der Waals surface area contributed by atoms with Crippen LogP contribution in [0.5, 0.6) is 0 Å². The van der Waals surface area contributed by atoms with Crippen LogP contribution in [0.4, 0.5) is 0 Å². The van der Waals surface area contributed by atoms with Crippen LogP contribution in [0, 0.1) is 0 Å². The van der Waals surface area contributed by atoms with Gasteiger partial charge in [-0.05, 0) is 83.5 Å². The standard InChI is InChI=1S/C70H127NO8/c1-6-8-10-12-14-16-18-20-22-24-26-28-29-30-31-32-33-34-35-36-37-38-39-41-42-44-46-48-50-52-54-56-58-60-67(72)77-64-66(65-78-70(69(74)75)76-63-62-71(3,4)5)79-68(73)61-59-57-55-53-51-49-47-45-43-40-27-25-23-21-19-17-15-13-11-9-7-2/h18-21,24-27,43,45,66,70H,6-17,22-23,28-42,44,46-65H2,1-5H3/p+1/b20-18-,21-19-,26-24-,27-25-,45-43-. The SMILES string of the molecule is CCCCCCC/C=C\C/C=C\C/C=C\CCCCCCCCC(=O)OC(COC(=O)CCCCCCCCCCCCCCCCCCCCCCC/C=C\C/C=C\CCCCCCC)COC(OCC[N+](C)(C)C)C(=O)O. The molecule has 0 saturated heterocycles. The Labute approximate surface area is 488 Å². The summed E-state index contributed by atoms with van der Waals surface area (Å²) >= 11 is 0. The molecule has 9 nitrogen and oxygen atoms in total. The van der Waals surface area contributed by atoms with Gasteiger partial charge in [-0.25, -0.2) is 4.79 Å². The van der Waals surface area contributed by atoms with Gasteiger partial charge < -0.3 is 28.5 Å². The van der Waals surface area contributed by atoms with Gasteiger partial charge >= 0.3 is 17.9 Å². The Morgan fingerprint density at radius 2 is 0.684 bits per heavy atom. The summed E-state index contributed by atoms with van der Waals surface area (Å²) in [5.41, 5.74) is 0. The van der Waals surface area contributed by atoms with E-state index in [4.69, 9.17) is 18.9 Å². The second-order valence-corrected chi connectivity index (χ2v) is 23.8. The van der Waals surface area contributed by atoms with E-state index in [-0.39, 0.29) is 32.2 Å². The fourth-order valence-corrected chi connectivity index (χ4v) is 9.58. The molecular formula is C70H128NO8+. The molecule has 0 aliphatic carbocycles. The molecule has 460 valence electrons. The molecule has 0 aromatic rings. The molecule has 0 aromatic heterocycles. The number of ether oxygens (including phenoxy) is 4. The largest absolute Gasteiger partial charge is 0.477 e. The molecule has 2 atom stereocenters. The normalized spacial score (nSPS) is 13.1. The maximum Gasteiger partial charge on any atom is 0.361 e. The number of unbranched alkanes of at least 4 members (excludes halogenated alkanes) is 37. The number of nitrogens with zero attached hydrogens (tertiary/aromatic N) is 1. The zero-order chi connectivity index (χ0) is 57.6. The number of likely N-dealkylation sites (N-methyl/N-ethyl adjacent to an activating group) is 1. The number of rotatable bonds is 62. The minimum absolute atomic E-state index is 0.184. The van der Waals surface area contributed by atoms with E-state index in [2.05, 4.69) is 74.6 Å². The van der Waals surface area contributed by atoms with E-state index in [1.165, 1.54) is 212 Å². The lowest BCUT2D eigenvalue weighted by atomic mass is 10.0. The molecule has 0 amide bonds. The summed E-state index contributed by atoms with van der Waals surface area (Å²) in [7, 11) is 5.97. The van der Waals surface area contributed by atoms with Crippen molar-refractivity contribution in [3.8, 4) is 0 Å². The number of hydrogen-bond donors (Lipinski definition) is 1. The highest BCUT2D eigenvalue weighted by Gasteiger charge is 2.25. The molecule has 0 fully saturated rings. The predicted octanol–water partition coefficient (Wildman–Crippen LogP) is 20.4. The Morgan fingerprint density at radius 3 is 1.01 bits per heavy atom. The van der Waals surface area contributed by atoms with Crippen LogP contribution in [0.25, 0.3) is 0 Å². The van der Waals surface area contributed by atoms with Crippen LogP contribution in [-0.2, 0) is 33.3 Å².